The van der Waals surface area contributed by atoms with E-state index in [0.717, 1.165) is 6.42 Å². The van der Waals surface area contributed by atoms with E-state index < -0.39 is 48.9 Å². The van der Waals surface area contributed by atoms with Crippen LogP contribution in [0.2, 0.25) is 0 Å². The number of ether oxygens (including phenoxy) is 6. The Kier molecular flexibility index (Phi) is 16.3. The fourth-order valence-electron chi connectivity index (χ4n) is 6.43. The van der Waals surface area contributed by atoms with Gasteiger partial charge in [0.15, 0.2) is 6.29 Å². The van der Waals surface area contributed by atoms with Gasteiger partial charge < -0.3 is 54.0 Å². The van der Waals surface area contributed by atoms with Gasteiger partial charge in [-0.05, 0) is 44.4 Å². The second-order valence-electron chi connectivity index (χ2n) is 13.0. The maximum absolute atomic E-state index is 11.6. The van der Waals surface area contributed by atoms with E-state index in [2.05, 4.69) is 26.0 Å². The summed E-state index contributed by atoms with van der Waals surface area (Å²) in [6.07, 6.45) is 7.90. The minimum absolute atomic E-state index is 0.0241. The smallest absolute Gasteiger partial charge is 0.330 e. The van der Waals surface area contributed by atoms with Crippen LogP contribution in [0.15, 0.2) is 36.5 Å². The lowest BCUT2D eigenvalue weighted by Gasteiger charge is -2.43. The Hall–Kier alpha value is -1.71. The van der Waals surface area contributed by atoms with Crippen LogP contribution >= 0.6 is 0 Å². The molecule has 12 nitrogen and oxygen atoms in total. The maximum atomic E-state index is 11.6. The summed E-state index contributed by atoms with van der Waals surface area (Å²) in [5, 5.41) is 49.8. The van der Waals surface area contributed by atoms with Gasteiger partial charge in [0, 0.05) is 32.4 Å². The predicted octanol–water partition coefficient (Wildman–Crippen LogP) is 1.95. The highest BCUT2D eigenvalue weighted by Crippen LogP contribution is 2.33. The molecule has 0 bridgehead atoms. The van der Waals surface area contributed by atoms with Gasteiger partial charge in [-0.15, -0.1) is 0 Å². The quantitative estimate of drug-likeness (QED) is 0.0930. The molecule has 14 atom stereocenters. The number of allylic oxidation sites excluding steroid dienone is 3. The van der Waals surface area contributed by atoms with Gasteiger partial charge in [-0.2, -0.15) is 0 Å². The number of aliphatic hydroxyl groups excluding tert-OH is 5. The van der Waals surface area contributed by atoms with Crippen LogP contribution in [0.3, 0.4) is 0 Å². The van der Waals surface area contributed by atoms with E-state index in [4.69, 9.17) is 33.5 Å². The van der Waals surface area contributed by atoms with Crippen LogP contribution < -0.4 is 0 Å². The van der Waals surface area contributed by atoms with Crippen molar-refractivity contribution >= 4 is 5.97 Å². The molecule has 0 radical (unpaired) electrons. The van der Waals surface area contributed by atoms with Gasteiger partial charge in [-0.25, -0.2) is 4.79 Å². The molecule has 0 unspecified atom stereocenters. The van der Waals surface area contributed by atoms with Crippen LogP contribution in [-0.2, 0) is 33.2 Å². The standard InChI is InChI=1S/C34H56O12/c1-20(10-7-6-8-12-28-21(2)15-29(46-28)27(37)16-23(36)19-35)14-25-18-26(17-24(44-25)11-9-13-30(38)41-4)45-34-33(42-5)32(40)31(39)22(3)43-34/h6-10,13,20-29,31-37,39-40H,11-12,14-19H2,1-5H3/b8-6-,10-7+,13-9+/t20-,21-,22-,23-,24-,25+,26+,27-,28-,29-,31-,32+,33+,34-/m0/s1. The Morgan fingerprint density at radius 1 is 0.957 bits per heavy atom. The lowest BCUT2D eigenvalue weighted by Crippen LogP contribution is -2.59. The Balaban J connectivity index is 1.54. The highest BCUT2D eigenvalue weighted by atomic mass is 16.7. The summed E-state index contributed by atoms with van der Waals surface area (Å²) >= 11 is 0. The lowest BCUT2D eigenvalue weighted by atomic mass is 9.92. The van der Waals surface area contributed by atoms with Gasteiger partial charge in [0.25, 0.3) is 0 Å². The van der Waals surface area contributed by atoms with E-state index in [1.165, 1.54) is 20.3 Å². The van der Waals surface area contributed by atoms with E-state index in [0.29, 0.717) is 32.1 Å². The van der Waals surface area contributed by atoms with Crippen molar-refractivity contribution in [2.75, 3.05) is 20.8 Å². The number of carbonyl (C=O) groups excluding carboxylic acids is 1. The monoisotopic (exact) mass is 656 g/mol. The molecule has 0 aromatic heterocycles. The molecular formula is C34H56O12. The SMILES string of the molecule is COC(=O)/C=C/C[C@H]1C[C@@H](O[C@@H]2O[C@@H](C)[C@H](O)[C@@H](O)[C@H]2OC)C[C@@H](C[C@@H](C)/C=C/C=C\C[C@@H]2O[C@H]([C@@H](O)C[C@H](O)CO)C[C@@H]2C)O1. The summed E-state index contributed by atoms with van der Waals surface area (Å²) in [4.78, 5) is 11.6. The molecule has 0 saturated carbocycles. The molecule has 0 spiro atoms. The van der Waals surface area contributed by atoms with Crippen LogP contribution in [0.5, 0.6) is 0 Å². The summed E-state index contributed by atoms with van der Waals surface area (Å²) < 4.78 is 34.8. The summed E-state index contributed by atoms with van der Waals surface area (Å²) in [5.74, 6) is 0.0203. The number of esters is 1. The Morgan fingerprint density at radius 2 is 1.70 bits per heavy atom. The average Bonchev–Trinajstić information content (AvgIpc) is 3.39. The third-order valence-electron chi connectivity index (χ3n) is 9.11. The zero-order valence-corrected chi connectivity index (χ0v) is 27.8. The number of hydrogen-bond acceptors (Lipinski definition) is 12. The molecule has 3 aliphatic rings. The summed E-state index contributed by atoms with van der Waals surface area (Å²) in [5.41, 5.74) is 0. The molecule has 0 aliphatic carbocycles. The van der Waals surface area contributed by atoms with E-state index in [1.54, 1.807) is 13.0 Å². The predicted molar refractivity (Wildman–Crippen MR) is 169 cm³/mol. The Labute approximate surface area is 273 Å². The first kappa shape index (κ1) is 38.7. The molecular weight excluding hydrogens is 600 g/mol. The summed E-state index contributed by atoms with van der Waals surface area (Å²) in [6, 6.07) is 0. The summed E-state index contributed by atoms with van der Waals surface area (Å²) in [7, 11) is 2.77. The maximum Gasteiger partial charge on any atom is 0.330 e. The van der Waals surface area contributed by atoms with Crippen LogP contribution in [0.1, 0.15) is 65.7 Å². The molecule has 12 heteroatoms. The molecule has 3 rings (SSSR count). The molecule has 264 valence electrons. The van der Waals surface area contributed by atoms with Gasteiger partial charge in [0.2, 0.25) is 0 Å². The third kappa shape index (κ3) is 11.8. The van der Waals surface area contributed by atoms with Crippen molar-refractivity contribution in [2.24, 2.45) is 11.8 Å². The Morgan fingerprint density at radius 3 is 2.39 bits per heavy atom. The van der Waals surface area contributed by atoms with Crippen LogP contribution in [-0.4, -0.2) is 126 Å². The first-order valence-electron chi connectivity index (χ1n) is 16.5. The fraction of sp³-hybridized carbons (Fsp3) is 0.794. The van der Waals surface area contributed by atoms with Crippen molar-refractivity contribution in [1.29, 1.82) is 0 Å². The number of hydrogen-bond donors (Lipinski definition) is 5. The fourth-order valence-corrected chi connectivity index (χ4v) is 6.43. The molecule has 0 amide bonds. The highest BCUT2D eigenvalue weighted by Gasteiger charge is 2.45. The van der Waals surface area contributed by atoms with Crippen LogP contribution in [0.4, 0.5) is 0 Å². The molecule has 5 N–H and O–H groups in total. The Bertz CT molecular complexity index is 987. The van der Waals surface area contributed by atoms with Gasteiger partial charge in [0.1, 0.15) is 18.3 Å². The lowest BCUT2D eigenvalue weighted by molar-refractivity contribution is -0.315. The second kappa shape index (κ2) is 19.3. The average molecular weight is 657 g/mol. The second-order valence-corrected chi connectivity index (χ2v) is 13.0. The van der Waals surface area contributed by atoms with E-state index in [-0.39, 0.29) is 55.4 Å². The van der Waals surface area contributed by atoms with Crippen molar-refractivity contribution in [3.05, 3.63) is 36.5 Å². The first-order valence-corrected chi connectivity index (χ1v) is 16.5. The molecule has 0 aromatic carbocycles. The van der Waals surface area contributed by atoms with Gasteiger partial charge in [-0.3, -0.25) is 0 Å². The van der Waals surface area contributed by atoms with Gasteiger partial charge in [0.05, 0.1) is 62.5 Å². The van der Waals surface area contributed by atoms with Gasteiger partial charge in [-0.1, -0.05) is 44.2 Å². The number of rotatable bonds is 16. The first-order chi connectivity index (χ1) is 21.9. The molecule has 3 saturated heterocycles. The number of carbonyl (C=O) groups is 1. The van der Waals surface area contributed by atoms with Crippen LogP contribution in [0, 0.1) is 11.8 Å². The van der Waals surface area contributed by atoms with E-state index in [9.17, 15) is 25.2 Å². The van der Waals surface area contributed by atoms with E-state index in [1.807, 2.05) is 12.2 Å². The number of aliphatic hydroxyl groups is 5. The molecule has 46 heavy (non-hydrogen) atoms. The zero-order chi connectivity index (χ0) is 33.8. The molecule has 0 aromatic rings. The topological polar surface area (TPSA) is 174 Å². The van der Waals surface area contributed by atoms with Crippen molar-refractivity contribution in [3.63, 3.8) is 0 Å². The van der Waals surface area contributed by atoms with E-state index >= 15 is 0 Å². The van der Waals surface area contributed by atoms with Crippen molar-refractivity contribution in [2.45, 2.75) is 139 Å². The molecule has 3 aliphatic heterocycles. The van der Waals surface area contributed by atoms with Crippen LogP contribution in [0.25, 0.3) is 0 Å². The highest BCUT2D eigenvalue weighted by molar-refractivity contribution is 5.81. The van der Waals surface area contributed by atoms with Crippen molar-refractivity contribution < 1.29 is 58.7 Å². The number of methoxy groups -OCH3 is 2. The summed E-state index contributed by atoms with van der Waals surface area (Å²) in [6.45, 7) is 5.51. The third-order valence-corrected chi connectivity index (χ3v) is 9.11. The normalized spacial score (nSPS) is 37.7. The van der Waals surface area contributed by atoms with Gasteiger partial charge >= 0.3 is 5.97 Å². The minimum Gasteiger partial charge on any atom is -0.466 e. The van der Waals surface area contributed by atoms with Crippen molar-refractivity contribution in [3.8, 4) is 0 Å². The molecule has 3 heterocycles. The van der Waals surface area contributed by atoms with Crippen molar-refractivity contribution in [1.82, 2.24) is 0 Å². The zero-order valence-electron chi connectivity index (χ0n) is 27.8. The largest absolute Gasteiger partial charge is 0.466 e. The minimum atomic E-state index is -1.14. The molecule has 3 fully saturated rings.